The van der Waals surface area contributed by atoms with Crippen molar-refractivity contribution < 1.29 is 0 Å². The van der Waals surface area contributed by atoms with Crippen LogP contribution in [0.5, 0.6) is 0 Å². The zero-order chi connectivity index (χ0) is 13.8. The normalized spacial score (nSPS) is 20.1. The van der Waals surface area contributed by atoms with Crippen LogP contribution in [0.15, 0.2) is 42.5 Å². The number of piperazine rings is 1. The van der Waals surface area contributed by atoms with Gasteiger partial charge in [0.2, 0.25) is 0 Å². The van der Waals surface area contributed by atoms with Crippen molar-refractivity contribution in [3.63, 3.8) is 0 Å². The van der Waals surface area contributed by atoms with Crippen LogP contribution in [0.3, 0.4) is 0 Å². The number of nitrogens with zero attached hydrogens (tertiary/aromatic N) is 1. The van der Waals surface area contributed by atoms with Gasteiger partial charge in [0.1, 0.15) is 0 Å². The van der Waals surface area contributed by atoms with Gasteiger partial charge in [0.15, 0.2) is 0 Å². The fourth-order valence-corrected chi connectivity index (χ4v) is 2.95. The average molecular weight is 269 g/mol. The van der Waals surface area contributed by atoms with Crippen LogP contribution in [0.25, 0.3) is 10.8 Å². The number of rotatable bonds is 4. The van der Waals surface area contributed by atoms with E-state index >= 15 is 0 Å². The van der Waals surface area contributed by atoms with Gasteiger partial charge in [-0.25, -0.2) is 0 Å². The highest BCUT2D eigenvalue weighted by Crippen LogP contribution is 2.22. The number of benzene rings is 2. The smallest absolute Gasteiger partial charge is 0.0419 e. The van der Waals surface area contributed by atoms with Crippen LogP contribution in [-0.4, -0.2) is 44.2 Å². The molecule has 2 aromatic rings. The summed E-state index contributed by atoms with van der Waals surface area (Å²) in [6, 6.07) is 15.6. The summed E-state index contributed by atoms with van der Waals surface area (Å²) in [5.41, 5.74) is 1.24. The zero-order valence-electron chi connectivity index (χ0n) is 12.1. The third-order valence-electron chi connectivity index (χ3n) is 4.06. The Balaban J connectivity index is 1.60. The second-order valence-electron chi connectivity index (χ2n) is 5.66. The monoisotopic (exact) mass is 269 g/mol. The Labute approximate surface area is 121 Å². The van der Waals surface area contributed by atoms with Crippen molar-refractivity contribution in [1.29, 1.82) is 0 Å². The second-order valence-corrected chi connectivity index (χ2v) is 5.66. The van der Waals surface area contributed by atoms with E-state index in [9.17, 15) is 0 Å². The maximum atomic E-state index is 3.59. The molecule has 3 heteroatoms. The lowest BCUT2D eigenvalue weighted by molar-refractivity contribution is 0.234. The lowest BCUT2D eigenvalue weighted by atomic mass is 10.1. The van der Waals surface area contributed by atoms with Gasteiger partial charge in [0.25, 0.3) is 0 Å². The molecular formula is C17H23N3. The molecule has 0 amide bonds. The minimum Gasteiger partial charge on any atom is -0.384 e. The summed E-state index contributed by atoms with van der Waals surface area (Å²) in [6.07, 6.45) is 1.16. The first-order valence-electron chi connectivity index (χ1n) is 7.46. The Hall–Kier alpha value is -1.58. The molecule has 3 nitrogen and oxygen atoms in total. The molecule has 0 bridgehead atoms. The summed E-state index contributed by atoms with van der Waals surface area (Å²) in [7, 11) is 2.20. The highest BCUT2D eigenvalue weighted by molar-refractivity contribution is 5.93. The third kappa shape index (κ3) is 3.11. The van der Waals surface area contributed by atoms with E-state index in [2.05, 4.69) is 65.0 Å². The molecule has 0 aliphatic carbocycles. The summed E-state index contributed by atoms with van der Waals surface area (Å²) in [5, 5.41) is 9.79. The Bertz CT molecular complexity index is 562. The first-order chi connectivity index (χ1) is 9.83. The largest absolute Gasteiger partial charge is 0.384 e. The van der Waals surface area contributed by atoms with Gasteiger partial charge in [-0.2, -0.15) is 0 Å². The summed E-state index contributed by atoms with van der Waals surface area (Å²) < 4.78 is 0. The van der Waals surface area contributed by atoms with Gasteiger partial charge < -0.3 is 15.5 Å². The molecule has 1 unspecified atom stereocenters. The Morgan fingerprint density at radius 3 is 2.95 bits per heavy atom. The number of nitrogens with one attached hydrogen (secondary N) is 2. The molecule has 3 rings (SSSR count). The minimum atomic E-state index is 0.608. The van der Waals surface area contributed by atoms with Crippen molar-refractivity contribution in [3.05, 3.63) is 42.5 Å². The fourth-order valence-electron chi connectivity index (χ4n) is 2.95. The molecule has 0 spiro atoms. The first-order valence-corrected chi connectivity index (χ1v) is 7.46. The van der Waals surface area contributed by atoms with Crippen LogP contribution in [-0.2, 0) is 0 Å². The van der Waals surface area contributed by atoms with Gasteiger partial charge in [-0.15, -0.1) is 0 Å². The molecule has 2 aromatic carbocycles. The number of fused-ring (bicyclic) bond motifs is 1. The van der Waals surface area contributed by atoms with E-state index in [4.69, 9.17) is 0 Å². The molecule has 0 saturated carbocycles. The molecule has 0 radical (unpaired) electrons. The van der Waals surface area contributed by atoms with Crippen LogP contribution in [0, 0.1) is 0 Å². The summed E-state index contributed by atoms with van der Waals surface area (Å²) >= 11 is 0. The predicted octanol–water partition coefficient (Wildman–Crippen LogP) is 2.55. The van der Waals surface area contributed by atoms with E-state index in [1.165, 1.54) is 16.5 Å². The third-order valence-corrected chi connectivity index (χ3v) is 4.06. The lowest BCUT2D eigenvalue weighted by Gasteiger charge is -2.31. The number of hydrogen-bond acceptors (Lipinski definition) is 3. The van der Waals surface area contributed by atoms with Crippen LogP contribution in [0.1, 0.15) is 6.42 Å². The standard InChI is InChI=1S/C17H23N3/c1-20-12-11-18-15(13-20)9-10-19-17-8-4-6-14-5-2-3-7-16(14)17/h2-8,15,18-19H,9-13H2,1H3. The SMILES string of the molecule is CN1CCNC(CCNc2cccc3ccccc23)C1. The Morgan fingerprint density at radius 2 is 2.05 bits per heavy atom. The minimum absolute atomic E-state index is 0.608. The predicted molar refractivity (Wildman–Crippen MR) is 86.3 cm³/mol. The number of anilines is 1. The molecule has 1 atom stereocenters. The maximum Gasteiger partial charge on any atom is 0.0419 e. The van der Waals surface area contributed by atoms with Crippen LogP contribution >= 0.6 is 0 Å². The van der Waals surface area contributed by atoms with Crippen molar-refractivity contribution in [3.8, 4) is 0 Å². The summed E-state index contributed by atoms with van der Waals surface area (Å²) in [6.45, 7) is 4.43. The summed E-state index contributed by atoms with van der Waals surface area (Å²) in [5.74, 6) is 0. The van der Waals surface area contributed by atoms with Gasteiger partial charge >= 0.3 is 0 Å². The van der Waals surface area contributed by atoms with Crippen LogP contribution in [0.4, 0.5) is 5.69 Å². The van der Waals surface area contributed by atoms with E-state index in [0.717, 1.165) is 32.6 Å². The van der Waals surface area contributed by atoms with Gasteiger partial charge in [-0.1, -0.05) is 36.4 Å². The van der Waals surface area contributed by atoms with E-state index < -0.39 is 0 Å². The van der Waals surface area contributed by atoms with E-state index in [1.54, 1.807) is 0 Å². The highest BCUT2D eigenvalue weighted by atomic mass is 15.2. The van der Waals surface area contributed by atoms with Crippen LogP contribution in [0.2, 0.25) is 0 Å². The molecule has 1 fully saturated rings. The molecule has 1 saturated heterocycles. The molecule has 0 aromatic heterocycles. The molecule has 106 valence electrons. The Morgan fingerprint density at radius 1 is 1.20 bits per heavy atom. The van der Waals surface area contributed by atoms with Crippen LogP contribution < -0.4 is 10.6 Å². The van der Waals surface area contributed by atoms with E-state index in [0.29, 0.717) is 6.04 Å². The quantitative estimate of drug-likeness (QED) is 0.893. The lowest BCUT2D eigenvalue weighted by Crippen LogP contribution is -2.49. The highest BCUT2D eigenvalue weighted by Gasteiger charge is 2.15. The van der Waals surface area contributed by atoms with Gasteiger partial charge in [0, 0.05) is 43.3 Å². The zero-order valence-corrected chi connectivity index (χ0v) is 12.1. The Kier molecular flexibility index (Phi) is 4.19. The van der Waals surface area contributed by atoms with E-state index in [-0.39, 0.29) is 0 Å². The fraction of sp³-hybridized carbons (Fsp3) is 0.412. The molecule has 1 heterocycles. The second kappa shape index (κ2) is 6.25. The molecule has 2 N–H and O–H groups in total. The molecule has 20 heavy (non-hydrogen) atoms. The van der Waals surface area contributed by atoms with Crippen molar-refractivity contribution >= 4 is 16.5 Å². The topological polar surface area (TPSA) is 27.3 Å². The molecule has 1 aliphatic rings. The summed E-state index contributed by atoms with van der Waals surface area (Å²) in [4.78, 5) is 2.40. The maximum absolute atomic E-state index is 3.59. The van der Waals surface area contributed by atoms with Crippen molar-refractivity contribution in [2.75, 3.05) is 38.5 Å². The molecular weight excluding hydrogens is 246 g/mol. The molecule has 1 aliphatic heterocycles. The van der Waals surface area contributed by atoms with Crippen molar-refractivity contribution in [1.82, 2.24) is 10.2 Å². The number of hydrogen-bond donors (Lipinski definition) is 2. The average Bonchev–Trinajstić information content (AvgIpc) is 2.48. The van der Waals surface area contributed by atoms with Crippen molar-refractivity contribution in [2.45, 2.75) is 12.5 Å². The van der Waals surface area contributed by atoms with Gasteiger partial charge in [-0.05, 0) is 24.9 Å². The van der Waals surface area contributed by atoms with Gasteiger partial charge in [0.05, 0.1) is 0 Å². The van der Waals surface area contributed by atoms with E-state index in [1.807, 2.05) is 0 Å². The number of likely N-dealkylation sites (N-methyl/N-ethyl adjacent to an activating group) is 1. The first kappa shape index (κ1) is 13.4. The van der Waals surface area contributed by atoms with Gasteiger partial charge in [-0.3, -0.25) is 0 Å². The van der Waals surface area contributed by atoms with Crippen molar-refractivity contribution in [2.24, 2.45) is 0 Å².